The summed E-state index contributed by atoms with van der Waals surface area (Å²) in [7, 11) is 0. The first kappa shape index (κ1) is 20.9. The van der Waals surface area contributed by atoms with Gasteiger partial charge in [-0.05, 0) is 88.9 Å². The van der Waals surface area contributed by atoms with Gasteiger partial charge < -0.3 is 15.4 Å². The van der Waals surface area contributed by atoms with Crippen molar-refractivity contribution >= 4 is 33.2 Å². The Hall–Kier alpha value is -2.86. The second-order valence-corrected chi connectivity index (χ2v) is 7.56. The van der Waals surface area contributed by atoms with Crippen LogP contribution in [-0.2, 0) is 11.3 Å². The third kappa shape index (κ3) is 5.81. The lowest BCUT2D eigenvalue weighted by Crippen LogP contribution is -2.21. The van der Waals surface area contributed by atoms with Crippen molar-refractivity contribution in [2.45, 2.75) is 20.4 Å². The molecule has 0 heterocycles. The van der Waals surface area contributed by atoms with E-state index in [9.17, 15) is 9.18 Å². The third-order valence-corrected chi connectivity index (χ3v) is 5.19. The van der Waals surface area contributed by atoms with E-state index in [-0.39, 0.29) is 18.3 Å². The monoisotopic (exact) mass is 456 g/mol. The van der Waals surface area contributed by atoms with Crippen LogP contribution in [0.1, 0.15) is 16.7 Å². The molecule has 0 bridgehead atoms. The van der Waals surface area contributed by atoms with E-state index in [0.717, 1.165) is 32.5 Å². The quantitative estimate of drug-likeness (QED) is 0.469. The summed E-state index contributed by atoms with van der Waals surface area (Å²) in [6, 6.07) is 17.7. The van der Waals surface area contributed by atoms with Gasteiger partial charge in [0.25, 0.3) is 5.91 Å². The van der Waals surface area contributed by atoms with Gasteiger partial charge in [-0.2, -0.15) is 0 Å². The number of rotatable bonds is 7. The fourth-order valence-electron chi connectivity index (χ4n) is 2.76. The summed E-state index contributed by atoms with van der Waals surface area (Å²) >= 11 is 3.49. The van der Waals surface area contributed by atoms with Crippen LogP contribution in [0.4, 0.5) is 15.8 Å². The van der Waals surface area contributed by atoms with Gasteiger partial charge in [-0.1, -0.05) is 18.2 Å². The molecule has 0 aliphatic rings. The molecule has 3 rings (SSSR count). The Labute approximate surface area is 178 Å². The zero-order valence-corrected chi connectivity index (χ0v) is 17.8. The molecule has 3 aromatic carbocycles. The van der Waals surface area contributed by atoms with Crippen LogP contribution in [0.15, 0.2) is 65.1 Å². The minimum atomic E-state index is -0.263. The van der Waals surface area contributed by atoms with Crippen LogP contribution in [0.5, 0.6) is 5.75 Å². The summed E-state index contributed by atoms with van der Waals surface area (Å²) in [5, 5.41) is 6.11. The third-order valence-electron chi connectivity index (χ3n) is 4.57. The van der Waals surface area contributed by atoms with E-state index in [4.69, 9.17) is 4.74 Å². The topological polar surface area (TPSA) is 50.4 Å². The SMILES string of the molecule is Cc1cccc(NC(=O)COc2ccc(CNc3ccc(F)cc3)cc2Br)c1C. The molecule has 0 saturated carbocycles. The molecule has 1 amide bonds. The van der Waals surface area contributed by atoms with Gasteiger partial charge in [0.15, 0.2) is 6.61 Å². The number of carbonyl (C=O) groups excluding carboxylic acids is 1. The van der Waals surface area contributed by atoms with Gasteiger partial charge in [0.05, 0.1) is 4.47 Å². The van der Waals surface area contributed by atoms with E-state index in [0.29, 0.717) is 12.3 Å². The number of nitrogens with one attached hydrogen (secondary N) is 2. The zero-order chi connectivity index (χ0) is 20.8. The maximum Gasteiger partial charge on any atom is 0.262 e. The van der Waals surface area contributed by atoms with Crippen LogP contribution in [0, 0.1) is 19.7 Å². The molecule has 0 aliphatic carbocycles. The van der Waals surface area contributed by atoms with Crippen molar-refractivity contribution in [1.29, 1.82) is 0 Å². The number of ether oxygens (including phenoxy) is 1. The van der Waals surface area contributed by atoms with Crippen LogP contribution < -0.4 is 15.4 Å². The Bertz CT molecular complexity index is 1010. The molecular weight excluding hydrogens is 435 g/mol. The summed E-state index contributed by atoms with van der Waals surface area (Å²) in [5.41, 5.74) is 4.82. The lowest BCUT2D eigenvalue weighted by atomic mass is 10.1. The predicted octanol–water partition coefficient (Wildman–Crippen LogP) is 5.83. The highest BCUT2D eigenvalue weighted by Gasteiger charge is 2.09. The fraction of sp³-hybridized carbons (Fsp3) is 0.174. The number of halogens is 2. The van der Waals surface area contributed by atoms with Crippen LogP contribution in [0.3, 0.4) is 0 Å². The second-order valence-electron chi connectivity index (χ2n) is 6.71. The lowest BCUT2D eigenvalue weighted by molar-refractivity contribution is -0.118. The van der Waals surface area contributed by atoms with Crippen LogP contribution in [0.25, 0.3) is 0 Å². The molecule has 6 heteroatoms. The van der Waals surface area contributed by atoms with Gasteiger partial charge in [0.1, 0.15) is 11.6 Å². The van der Waals surface area contributed by atoms with Crippen LogP contribution >= 0.6 is 15.9 Å². The molecule has 0 aliphatic heterocycles. The molecular formula is C23H22BrFN2O2. The molecule has 0 spiro atoms. The predicted molar refractivity (Wildman–Crippen MR) is 118 cm³/mol. The number of hydrogen-bond acceptors (Lipinski definition) is 3. The molecule has 150 valence electrons. The number of carbonyl (C=O) groups is 1. The highest BCUT2D eigenvalue weighted by Crippen LogP contribution is 2.26. The molecule has 29 heavy (non-hydrogen) atoms. The van der Waals surface area contributed by atoms with E-state index in [1.807, 2.05) is 50.2 Å². The minimum absolute atomic E-state index is 0.0842. The van der Waals surface area contributed by atoms with Gasteiger partial charge >= 0.3 is 0 Å². The normalized spacial score (nSPS) is 10.5. The van der Waals surface area contributed by atoms with E-state index < -0.39 is 0 Å². The van der Waals surface area contributed by atoms with E-state index in [1.165, 1.54) is 12.1 Å². The smallest absolute Gasteiger partial charge is 0.262 e. The molecule has 0 radical (unpaired) electrons. The highest BCUT2D eigenvalue weighted by molar-refractivity contribution is 9.10. The zero-order valence-electron chi connectivity index (χ0n) is 16.3. The maximum atomic E-state index is 13.0. The summed E-state index contributed by atoms with van der Waals surface area (Å²) in [5.74, 6) is 0.112. The van der Waals surface area contributed by atoms with Gasteiger partial charge in [-0.3, -0.25) is 4.79 Å². The van der Waals surface area contributed by atoms with Crippen molar-refractivity contribution in [2.24, 2.45) is 0 Å². The summed E-state index contributed by atoms with van der Waals surface area (Å²) in [4.78, 5) is 12.2. The average molecular weight is 457 g/mol. The van der Waals surface area contributed by atoms with Crippen LogP contribution in [-0.4, -0.2) is 12.5 Å². The van der Waals surface area contributed by atoms with Gasteiger partial charge in [0, 0.05) is 17.9 Å². The molecule has 4 nitrogen and oxygen atoms in total. The Balaban J connectivity index is 1.54. The first-order chi connectivity index (χ1) is 13.9. The van der Waals surface area contributed by atoms with Crippen molar-refractivity contribution in [3.63, 3.8) is 0 Å². The van der Waals surface area contributed by atoms with Gasteiger partial charge in [0.2, 0.25) is 0 Å². The highest BCUT2D eigenvalue weighted by atomic mass is 79.9. The van der Waals surface area contributed by atoms with E-state index in [1.54, 1.807) is 12.1 Å². The second kappa shape index (κ2) is 9.56. The largest absolute Gasteiger partial charge is 0.483 e. The van der Waals surface area contributed by atoms with Crippen molar-refractivity contribution < 1.29 is 13.9 Å². The summed E-state index contributed by atoms with van der Waals surface area (Å²) < 4.78 is 19.4. The molecule has 3 aromatic rings. The summed E-state index contributed by atoms with van der Waals surface area (Å²) in [6.45, 7) is 4.48. The molecule has 0 atom stereocenters. The lowest BCUT2D eigenvalue weighted by Gasteiger charge is -2.13. The number of benzene rings is 3. The average Bonchev–Trinajstić information content (AvgIpc) is 2.70. The fourth-order valence-corrected chi connectivity index (χ4v) is 3.30. The minimum Gasteiger partial charge on any atom is -0.483 e. The maximum absolute atomic E-state index is 13.0. The Kier molecular flexibility index (Phi) is 6.88. The number of aryl methyl sites for hydroxylation is 1. The molecule has 0 fully saturated rings. The first-order valence-corrected chi connectivity index (χ1v) is 9.98. The molecule has 0 saturated heterocycles. The van der Waals surface area contributed by atoms with Crippen molar-refractivity contribution in [3.05, 3.63) is 87.6 Å². The number of amides is 1. The Morgan fingerprint density at radius 3 is 2.55 bits per heavy atom. The van der Waals surface area contributed by atoms with Crippen molar-refractivity contribution in [1.82, 2.24) is 0 Å². The van der Waals surface area contributed by atoms with E-state index >= 15 is 0 Å². The van der Waals surface area contributed by atoms with E-state index in [2.05, 4.69) is 26.6 Å². The molecule has 0 unspecified atom stereocenters. The van der Waals surface area contributed by atoms with Gasteiger partial charge in [-0.15, -0.1) is 0 Å². The molecule has 2 N–H and O–H groups in total. The van der Waals surface area contributed by atoms with Crippen LogP contribution in [0.2, 0.25) is 0 Å². The first-order valence-electron chi connectivity index (χ1n) is 9.19. The summed E-state index contributed by atoms with van der Waals surface area (Å²) in [6.07, 6.45) is 0. The standard InChI is InChI=1S/C23H22BrFN2O2/c1-15-4-3-5-21(16(15)2)27-23(28)14-29-22-11-6-17(12-20(22)24)13-26-19-9-7-18(25)8-10-19/h3-12,26H,13-14H2,1-2H3,(H,27,28). The Morgan fingerprint density at radius 1 is 1.07 bits per heavy atom. The Morgan fingerprint density at radius 2 is 1.83 bits per heavy atom. The molecule has 0 aromatic heterocycles. The number of anilines is 2. The number of hydrogen-bond donors (Lipinski definition) is 2. The van der Waals surface area contributed by atoms with Crippen molar-refractivity contribution in [3.8, 4) is 5.75 Å². The van der Waals surface area contributed by atoms with Gasteiger partial charge in [-0.25, -0.2) is 4.39 Å². The van der Waals surface area contributed by atoms with Crippen molar-refractivity contribution in [2.75, 3.05) is 17.2 Å².